The van der Waals surface area contributed by atoms with E-state index in [0.717, 1.165) is 24.2 Å². The molecule has 1 saturated heterocycles. The third-order valence-electron chi connectivity index (χ3n) is 3.52. The van der Waals surface area contributed by atoms with Crippen LogP contribution in [0.4, 0.5) is 6.01 Å². The number of benzene rings is 1. The Hall–Kier alpha value is -2.30. The Morgan fingerprint density at radius 1 is 1.26 bits per heavy atom. The first-order chi connectivity index (χ1) is 9.29. The average molecular weight is 254 g/mol. The Labute approximate surface area is 110 Å². The highest BCUT2D eigenvalue weighted by Crippen LogP contribution is 2.29. The van der Waals surface area contributed by atoms with Crippen LogP contribution in [-0.2, 0) is 0 Å². The summed E-state index contributed by atoms with van der Waals surface area (Å²) < 4.78 is 7.77. The largest absolute Gasteiger partial charge is 0.423 e. The topological polar surface area (TPSA) is 47.1 Å². The highest BCUT2D eigenvalue weighted by atomic mass is 16.4. The molecule has 5 nitrogen and oxygen atoms in total. The molecule has 3 aromatic rings. The van der Waals surface area contributed by atoms with Crippen LogP contribution in [0.25, 0.3) is 11.1 Å². The number of oxazole rings is 1. The van der Waals surface area contributed by atoms with Crippen molar-refractivity contribution >= 4 is 17.1 Å². The van der Waals surface area contributed by atoms with Gasteiger partial charge < -0.3 is 9.32 Å². The molecule has 5 heteroatoms. The molecule has 1 aliphatic rings. The number of hydrogen-bond donors (Lipinski definition) is 0. The van der Waals surface area contributed by atoms with E-state index in [9.17, 15) is 0 Å². The van der Waals surface area contributed by atoms with Gasteiger partial charge >= 0.3 is 0 Å². The molecule has 1 fully saturated rings. The molecule has 0 bridgehead atoms. The van der Waals surface area contributed by atoms with Gasteiger partial charge in [0.15, 0.2) is 5.58 Å². The number of aryl methyl sites for hydroxylation is 1. The summed E-state index contributed by atoms with van der Waals surface area (Å²) in [4.78, 5) is 6.64. The second kappa shape index (κ2) is 3.85. The zero-order chi connectivity index (χ0) is 12.8. The molecule has 4 rings (SSSR count). The van der Waals surface area contributed by atoms with Crippen LogP contribution in [0.1, 0.15) is 11.6 Å². The van der Waals surface area contributed by atoms with Gasteiger partial charge in [0.25, 0.3) is 6.01 Å². The van der Waals surface area contributed by atoms with E-state index in [1.165, 1.54) is 5.56 Å². The predicted octanol–water partition coefficient (Wildman–Crippen LogP) is 2.39. The van der Waals surface area contributed by atoms with Crippen LogP contribution in [0.3, 0.4) is 0 Å². The van der Waals surface area contributed by atoms with Crippen LogP contribution in [0.5, 0.6) is 0 Å². The van der Waals surface area contributed by atoms with Crippen molar-refractivity contribution in [1.82, 2.24) is 14.8 Å². The van der Waals surface area contributed by atoms with Crippen molar-refractivity contribution in [3.63, 3.8) is 0 Å². The molecule has 96 valence electrons. The van der Waals surface area contributed by atoms with Crippen molar-refractivity contribution in [1.29, 1.82) is 0 Å². The summed E-state index contributed by atoms with van der Waals surface area (Å²) in [5.74, 6) is 0. The Bertz CT molecular complexity index is 691. The van der Waals surface area contributed by atoms with E-state index in [0.29, 0.717) is 12.1 Å². The monoisotopic (exact) mass is 254 g/mol. The summed E-state index contributed by atoms with van der Waals surface area (Å²) in [6, 6.07) is 8.98. The summed E-state index contributed by atoms with van der Waals surface area (Å²) in [5.41, 5.74) is 2.95. The maximum Gasteiger partial charge on any atom is 0.298 e. The van der Waals surface area contributed by atoms with Gasteiger partial charge in [-0.3, -0.25) is 4.68 Å². The fourth-order valence-electron chi connectivity index (χ4n) is 2.41. The fraction of sp³-hybridized carbons (Fsp3) is 0.286. The van der Waals surface area contributed by atoms with Crippen molar-refractivity contribution < 1.29 is 4.42 Å². The molecule has 1 aromatic carbocycles. The number of rotatable bonds is 2. The molecule has 0 radical (unpaired) electrons. The maximum atomic E-state index is 5.75. The first-order valence-electron chi connectivity index (χ1n) is 6.41. The molecule has 0 spiro atoms. The van der Waals surface area contributed by atoms with E-state index >= 15 is 0 Å². The van der Waals surface area contributed by atoms with Gasteiger partial charge in [-0.2, -0.15) is 10.1 Å². The minimum atomic E-state index is 0.420. The Balaban J connectivity index is 1.53. The molecule has 3 heterocycles. The van der Waals surface area contributed by atoms with Gasteiger partial charge in [-0.15, -0.1) is 0 Å². The maximum absolute atomic E-state index is 5.75. The number of nitrogens with zero attached hydrogens (tertiary/aromatic N) is 4. The molecule has 0 aliphatic carbocycles. The summed E-state index contributed by atoms with van der Waals surface area (Å²) in [5, 5.41) is 4.35. The summed E-state index contributed by atoms with van der Waals surface area (Å²) in [7, 11) is 0. The molecule has 0 unspecified atom stereocenters. The lowest BCUT2D eigenvalue weighted by Gasteiger charge is -2.37. The number of fused-ring (bicyclic) bond motifs is 1. The summed E-state index contributed by atoms with van der Waals surface area (Å²) in [6.45, 7) is 3.85. The molecular weight excluding hydrogens is 240 g/mol. The number of anilines is 1. The lowest BCUT2D eigenvalue weighted by atomic mass is 10.1. The van der Waals surface area contributed by atoms with Gasteiger partial charge in [-0.25, -0.2) is 0 Å². The van der Waals surface area contributed by atoms with Gasteiger partial charge in [0.1, 0.15) is 5.52 Å². The highest BCUT2D eigenvalue weighted by molar-refractivity contribution is 5.74. The number of hydrogen-bond acceptors (Lipinski definition) is 4. The average Bonchev–Trinajstić information content (AvgIpc) is 2.93. The van der Waals surface area contributed by atoms with Crippen LogP contribution in [-0.4, -0.2) is 27.9 Å². The van der Waals surface area contributed by atoms with Crippen molar-refractivity contribution in [2.24, 2.45) is 0 Å². The molecule has 19 heavy (non-hydrogen) atoms. The minimum absolute atomic E-state index is 0.420. The first kappa shape index (κ1) is 10.6. The number of para-hydroxylation sites is 2. The van der Waals surface area contributed by atoms with Gasteiger partial charge in [0.05, 0.1) is 12.2 Å². The van der Waals surface area contributed by atoms with E-state index in [4.69, 9.17) is 4.42 Å². The van der Waals surface area contributed by atoms with Crippen molar-refractivity contribution in [3.05, 3.63) is 42.2 Å². The quantitative estimate of drug-likeness (QED) is 0.704. The molecule has 0 N–H and O–H groups in total. The van der Waals surface area contributed by atoms with Crippen molar-refractivity contribution in [2.45, 2.75) is 13.0 Å². The fourth-order valence-corrected chi connectivity index (χ4v) is 2.41. The lowest BCUT2D eigenvalue weighted by molar-refractivity contribution is 0.347. The Morgan fingerprint density at radius 2 is 2.11 bits per heavy atom. The van der Waals surface area contributed by atoms with Gasteiger partial charge in [0, 0.05) is 19.3 Å². The molecule has 0 saturated carbocycles. The normalized spacial score (nSPS) is 15.9. The van der Waals surface area contributed by atoms with Crippen LogP contribution in [0.2, 0.25) is 0 Å². The standard InChI is InChI=1S/C14H14N4O/c1-10-6-15-18(7-10)11-8-17(9-11)14-16-12-4-2-3-5-13(12)19-14/h2-7,11H,8-9H2,1H3. The Morgan fingerprint density at radius 3 is 2.84 bits per heavy atom. The van der Waals surface area contributed by atoms with Crippen LogP contribution >= 0.6 is 0 Å². The second-order valence-corrected chi connectivity index (χ2v) is 5.02. The SMILES string of the molecule is Cc1cnn(C2CN(c3nc4ccccc4o3)C2)c1. The Kier molecular flexibility index (Phi) is 2.15. The zero-order valence-electron chi connectivity index (χ0n) is 10.7. The van der Waals surface area contributed by atoms with Crippen molar-refractivity contribution in [2.75, 3.05) is 18.0 Å². The van der Waals surface area contributed by atoms with Crippen LogP contribution < -0.4 is 4.90 Å². The molecule has 0 atom stereocenters. The molecule has 1 aliphatic heterocycles. The van der Waals surface area contributed by atoms with Crippen LogP contribution in [0, 0.1) is 6.92 Å². The second-order valence-electron chi connectivity index (χ2n) is 5.02. The third-order valence-corrected chi connectivity index (χ3v) is 3.52. The summed E-state index contributed by atoms with van der Waals surface area (Å²) >= 11 is 0. The highest BCUT2D eigenvalue weighted by Gasteiger charge is 2.31. The van der Waals surface area contributed by atoms with Gasteiger partial charge in [-0.05, 0) is 24.6 Å². The summed E-state index contributed by atoms with van der Waals surface area (Å²) in [6.07, 6.45) is 3.97. The zero-order valence-corrected chi connectivity index (χ0v) is 10.7. The smallest absolute Gasteiger partial charge is 0.298 e. The first-order valence-corrected chi connectivity index (χ1v) is 6.41. The third kappa shape index (κ3) is 1.69. The van der Waals surface area contributed by atoms with E-state index in [2.05, 4.69) is 28.1 Å². The van der Waals surface area contributed by atoms with E-state index < -0.39 is 0 Å². The van der Waals surface area contributed by atoms with Crippen LogP contribution in [0.15, 0.2) is 41.1 Å². The van der Waals surface area contributed by atoms with Gasteiger partial charge in [0.2, 0.25) is 0 Å². The van der Waals surface area contributed by atoms with Gasteiger partial charge in [-0.1, -0.05) is 12.1 Å². The van der Waals surface area contributed by atoms with Crippen molar-refractivity contribution in [3.8, 4) is 0 Å². The molecule has 0 amide bonds. The van der Waals surface area contributed by atoms with E-state index in [-0.39, 0.29) is 0 Å². The number of aromatic nitrogens is 3. The van der Waals surface area contributed by atoms with E-state index in [1.54, 1.807) is 0 Å². The lowest BCUT2D eigenvalue weighted by Crippen LogP contribution is -2.48. The molecular formula is C14H14N4O. The predicted molar refractivity (Wildman–Crippen MR) is 72.2 cm³/mol. The van der Waals surface area contributed by atoms with E-state index in [1.807, 2.05) is 35.1 Å². The minimum Gasteiger partial charge on any atom is -0.423 e. The molecule has 2 aromatic heterocycles.